The summed E-state index contributed by atoms with van der Waals surface area (Å²) in [7, 11) is 0. The molecule has 16 heavy (non-hydrogen) atoms. The molecular formula is C13H17ClN2. The lowest BCUT2D eigenvalue weighted by atomic mass is 10.1. The van der Waals surface area contributed by atoms with Crippen molar-refractivity contribution in [2.75, 3.05) is 0 Å². The molecule has 0 fully saturated rings. The first-order valence-electron chi connectivity index (χ1n) is 5.47. The second kappa shape index (κ2) is 4.11. The van der Waals surface area contributed by atoms with E-state index < -0.39 is 0 Å². The van der Waals surface area contributed by atoms with Gasteiger partial charge in [0.25, 0.3) is 0 Å². The Morgan fingerprint density at radius 3 is 2.69 bits per heavy atom. The lowest BCUT2D eigenvalue weighted by molar-refractivity contribution is 0.422. The van der Waals surface area contributed by atoms with E-state index in [1.54, 1.807) is 0 Å². The standard InChI is InChI=1S/C13H17ClN2/c1-13(2,3)15-8-10-7-9-5-4-6-11(14)12(9)16-10/h4-7,15-16H,8H2,1-3H3. The first-order valence-corrected chi connectivity index (χ1v) is 5.85. The molecule has 0 atom stereocenters. The van der Waals surface area contributed by atoms with Crippen LogP contribution in [-0.2, 0) is 6.54 Å². The summed E-state index contributed by atoms with van der Waals surface area (Å²) in [5, 5.41) is 5.39. The third-order valence-corrected chi connectivity index (χ3v) is 2.79. The number of nitrogens with one attached hydrogen (secondary N) is 2. The third-order valence-electron chi connectivity index (χ3n) is 2.47. The molecule has 1 heterocycles. The summed E-state index contributed by atoms with van der Waals surface area (Å²) in [6.45, 7) is 7.29. The van der Waals surface area contributed by atoms with E-state index in [0.717, 1.165) is 22.8 Å². The van der Waals surface area contributed by atoms with Crippen LogP contribution in [0.15, 0.2) is 24.3 Å². The van der Waals surface area contributed by atoms with E-state index in [2.05, 4.69) is 43.2 Å². The van der Waals surface area contributed by atoms with Gasteiger partial charge in [-0.1, -0.05) is 23.7 Å². The van der Waals surface area contributed by atoms with Crippen molar-refractivity contribution in [3.63, 3.8) is 0 Å². The van der Waals surface area contributed by atoms with Crippen molar-refractivity contribution in [2.45, 2.75) is 32.9 Å². The highest BCUT2D eigenvalue weighted by atomic mass is 35.5. The number of aromatic nitrogens is 1. The third kappa shape index (κ3) is 2.57. The first-order chi connectivity index (χ1) is 7.46. The topological polar surface area (TPSA) is 27.8 Å². The van der Waals surface area contributed by atoms with Gasteiger partial charge < -0.3 is 10.3 Å². The largest absolute Gasteiger partial charge is 0.356 e. The number of para-hydroxylation sites is 1. The Morgan fingerprint density at radius 1 is 1.31 bits per heavy atom. The summed E-state index contributed by atoms with van der Waals surface area (Å²) in [6, 6.07) is 8.08. The monoisotopic (exact) mass is 236 g/mol. The zero-order valence-corrected chi connectivity index (χ0v) is 10.7. The van der Waals surface area contributed by atoms with Crippen LogP contribution in [0, 0.1) is 0 Å². The van der Waals surface area contributed by atoms with Gasteiger partial charge in [-0.25, -0.2) is 0 Å². The molecule has 2 aromatic rings. The molecule has 86 valence electrons. The number of aromatic amines is 1. The smallest absolute Gasteiger partial charge is 0.0647 e. The van der Waals surface area contributed by atoms with Crippen LogP contribution in [-0.4, -0.2) is 10.5 Å². The van der Waals surface area contributed by atoms with Crippen LogP contribution in [0.2, 0.25) is 5.02 Å². The van der Waals surface area contributed by atoms with Crippen LogP contribution in [0.4, 0.5) is 0 Å². The van der Waals surface area contributed by atoms with E-state index in [1.165, 1.54) is 5.39 Å². The second-order valence-corrected chi connectivity index (χ2v) is 5.51. The molecule has 3 heteroatoms. The molecule has 1 aromatic carbocycles. The van der Waals surface area contributed by atoms with Gasteiger partial charge in [-0.05, 0) is 32.9 Å². The molecule has 1 aromatic heterocycles. The van der Waals surface area contributed by atoms with Gasteiger partial charge in [0.05, 0.1) is 10.5 Å². The molecule has 0 aliphatic carbocycles. The molecule has 0 saturated carbocycles. The van der Waals surface area contributed by atoms with Crippen LogP contribution < -0.4 is 5.32 Å². The van der Waals surface area contributed by atoms with Crippen molar-refractivity contribution in [1.29, 1.82) is 0 Å². The molecule has 0 aliphatic heterocycles. The van der Waals surface area contributed by atoms with Gasteiger partial charge in [0, 0.05) is 23.2 Å². The summed E-state index contributed by atoms with van der Waals surface area (Å²) >= 11 is 6.11. The van der Waals surface area contributed by atoms with Gasteiger partial charge in [0.1, 0.15) is 0 Å². The minimum atomic E-state index is 0.126. The quantitative estimate of drug-likeness (QED) is 0.818. The summed E-state index contributed by atoms with van der Waals surface area (Å²) in [5.74, 6) is 0. The number of hydrogen-bond acceptors (Lipinski definition) is 1. The predicted molar refractivity (Wildman–Crippen MR) is 69.9 cm³/mol. The zero-order chi connectivity index (χ0) is 11.8. The molecule has 0 bridgehead atoms. The molecule has 0 unspecified atom stereocenters. The van der Waals surface area contributed by atoms with Crippen LogP contribution in [0.3, 0.4) is 0 Å². The molecule has 0 aliphatic rings. The molecule has 2 N–H and O–H groups in total. The van der Waals surface area contributed by atoms with Gasteiger partial charge in [0.2, 0.25) is 0 Å². The van der Waals surface area contributed by atoms with Crippen molar-refractivity contribution in [2.24, 2.45) is 0 Å². The number of hydrogen-bond donors (Lipinski definition) is 2. The highest BCUT2D eigenvalue weighted by Crippen LogP contribution is 2.23. The van der Waals surface area contributed by atoms with Crippen LogP contribution >= 0.6 is 11.6 Å². The molecule has 0 radical (unpaired) electrons. The Bertz CT molecular complexity index is 494. The van der Waals surface area contributed by atoms with Crippen molar-refractivity contribution in [3.05, 3.63) is 35.0 Å². The maximum Gasteiger partial charge on any atom is 0.0647 e. The lowest BCUT2D eigenvalue weighted by Crippen LogP contribution is -2.35. The molecule has 2 nitrogen and oxygen atoms in total. The number of halogens is 1. The maximum atomic E-state index is 6.11. The highest BCUT2D eigenvalue weighted by molar-refractivity contribution is 6.35. The van der Waals surface area contributed by atoms with Crippen LogP contribution in [0.1, 0.15) is 26.5 Å². The number of fused-ring (bicyclic) bond motifs is 1. The van der Waals surface area contributed by atoms with Gasteiger partial charge in [-0.15, -0.1) is 0 Å². The van der Waals surface area contributed by atoms with Crippen LogP contribution in [0.5, 0.6) is 0 Å². The maximum absolute atomic E-state index is 6.11. The predicted octanol–water partition coefficient (Wildman–Crippen LogP) is 3.71. The number of benzene rings is 1. The normalized spacial score (nSPS) is 12.2. The van der Waals surface area contributed by atoms with Crippen molar-refractivity contribution in [1.82, 2.24) is 10.3 Å². The summed E-state index contributed by atoms with van der Waals surface area (Å²) in [5.41, 5.74) is 2.31. The Labute approximate surface area is 101 Å². The van der Waals surface area contributed by atoms with E-state index in [1.807, 2.05) is 12.1 Å². The van der Waals surface area contributed by atoms with E-state index in [9.17, 15) is 0 Å². The Morgan fingerprint density at radius 2 is 2.06 bits per heavy atom. The number of rotatable bonds is 2. The van der Waals surface area contributed by atoms with Crippen LogP contribution in [0.25, 0.3) is 10.9 Å². The molecule has 0 amide bonds. The fourth-order valence-electron chi connectivity index (χ4n) is 1.63. The molecule has 2 rings (SSSR count). The molecular weight excluding hydrogens is 220 g/mol. The lowest BCUT2D eigenvalue weighted by Gasteiger charge is -2.19. The van der Waals surface area contributed by atoms with Gasteiger partial charge in [-0.3, -0.25) is 0 Å². The van der Waals surface area contributed by atoms with E-state index in [0.29, 0.717) is 0 Å². The van der Waals surface area contributed by atoms with Gasteiger partial charge in [0.15, 0.2) is 0 Å². The minimum absolute atomic E-state index is 0.126. The van der Waals surface area contributed by atoms with Crippen molar-refractivity contribution >= 4 is 22.5 Å². The Kier molecular flexibility index (Phi) is 2.96. The zero-order valence-electron chi connectivity index (χ0n) is 9.89. The average Bonchev–Trinajstić information content (AvgIpc) is 2.58. The fraction of sp³-hybridized carbons (Fsp3) is 0.385. The van der Waals surface area contributed by atoms with E-state index >= 15 is 0 Å². The first kappa shape index (κ1) is 11.5. The minimum Gasteiger partial charge on any atom is -0.356 e. The second-order valence-electron chi connectivity index (χ2n) is 5.10. The van der Waals surface area contributed by atoms with Crippen molar-refractivity contribution in [3.8, 4) is 0 Å². The summed E-state index contributed by atoms with van der Waals surface area (Å²) in [6.07, 6.45) is 0. The van der Waals surface area contributed by atoms with Gasteiger partial charge in [-0.2, -0.15) is 0 Å². The van der Waals surface area contributed by atoms with E-state index in [4.69, 9.17) is 11.6 Å². The SMILES string of the molecule is CC(C)(C)NCc1cc2cccc(Cl)c2[nH]1. The van der Waals surface area contributed by atoms with Crippen molar-refractivity contribution < 1.29 is 0 Å². The Hall–Kier alpha value is -0.990. The van der Waals surface area contributed by atoms with E-state index in [-0.39, 0.29) is 5.54 Å². The molecule has 0 spiro atoms. The Balaban J connectivity index is 2.24. The highest BCUT2D eigenvalue weighted by Gasteiger charge is 2.10. The average molecular weight is 237 g/mol. The fourth-order valence-corrected chi connectivity index (χ4v) is 1.86. The number of H-pyrrole nitrogens is 1. The van der Waals surface area contributed by atoms with Gasteiger partial charge >= 0.3 is 0 Å². The molecule has 0 saturated heterocycles. The summed E-state index contributed by atoms with van der Waals surface area (Å²) < 4.78 is 0. The summed E-state index contributed by atoms with van der Waals surface area (Å²) in [4.78, 5) is 3.34.